The fourth-order valence-corrected chi connectivity index (χ4v) is 3.94. The Morgan fingerprint density at radius 3 is 2.57 bits per heavy atom. The maximum atomic E-state index is 13.1. The van der Waals surface area contributed by atoms with Gasteiger partial charge in [-0.2, -0.15) is 0 Å². The highest BCUT2D eigenvalue weighted by Crippen LogP contribution is 2.25. The lowest BCUT2D eigenvalue weighted by molar-refractivity contribution is -0.384. The van der Waals surface area contributed by atoms with E-state index < -0.39 is 4.92 Å². The van der Waals surface area contributed by atoms with Gasteiger partial charge in [-0.25, -0.2) is 5.43 Å². The summed E-state index contributed by atoms with van der Waals surface area (Å²) in [5, 5.41) is 13.0. The molecule has 1 aliphatic rings. The molecule has 158 valence electrons. The van der Waals surface area contributed by atoms with Crippen molar-refractivity contribution in [1.82, 2.24) is 10.4 Å². The molecule has 1 amide bonds. The van der Waals surface area contributed by atoms with Crippen molar-refractivity contribution in [1.29, 1.82) is 0 Å². The highest BCUT2D eigenvalue weighted by Gasteiger charge is 2.36. The van der Waals surface area contributed by atoms with E-state index in [4.69, 9.17) is 17.0 Å². The standard InChI is InChI=1S/C22H25N3O4S/c1-2-29-21(30)15-20-14-18(11-8-16-6-4-3-5-7-16)23-24(20)22(26)17-9-12-19(13-10-17)25(27)28/h3-7,9-10,12-13,18,20,23H,2,8,11,14-15H2,1H3. The van der Waals surface area contributed by atoms with E-state index in [0.717, 1.165) is 19.3 Å². The zero-order valence-corrected chi connectivity index (χ0v) is 17.6. The van der Waals surface area contributed by atoms with Crippen molar-refractivity contribution in [3.63, 3.8) is 0 Å². The van der Waals surface area contributed by atoms with Crippen molar-refractivity contribution < 1.29 is 14.5 Å². The molecule has 3 rings (SSSR count). The van der Waals surface area contributed by atoms with E-state index >= 15 is 0 Å². The number of nitrogens with zero attached hydrogens (tertiary/aromatic N) is 2. The minimum atomic E-state index is -0.481. The lowest BCUT2D eigenvalue weighted by Crippen LogP contribution is -2.44. The molecule has 2 atom stereocenters. The number of carbonyl (C=O) groups excluding carboxylic acids is 1. The van der Waals surface area contributed by atoms with Crippen molar-refractivity contribution in [3.8, 4) is 0 Å². The van der Waals surface area contributed by atoms with Crippen molar-refractivity contribution in [2.24, 2.45) is 0 Å². The van der Waals surface area contributed by atoms with Crippen LogP contribution < -0.4 is 5.43 Å². The first-order valence-electron chi connectivity index (χ1n) is 10.0. The number of nitro groups is 1. The van der Waals surface area contributed by atoms with Crippen LogP contribution in [-0.2, 0) is 11.2 Å². The molecular weight excluding hydrogens is 402 g/mol. The number of thiocarbonyl (C=S) groups is 1. The highest BCUT2D eigenvalue weighted by atomic mass is 32.1. The number of hydrogen-bond acceptors (Lipinski definition) is 6. The predicted molar refractivity (Wildman–Crippen MR) is 118 cm³/mol. The summed E-state index contributed by atoms with van der Waals surface area (Å²) in [6, 6.07) is 15.9. The Morgan fingerprint density at radius 2 is 1.93 bits per heavy atom. The Bertz CT molecular complexity index is 889. The minimum absolute atomic E-state index is 0.0456. The van der Waals surface area contributed by atoms with Gasteiger partial charge in [0.2, 0.25) is 0 Å². The van der Waals surface area contributed by atoms with Crippen LogP contribution in [0.4, 0.5) is 5.69 Å². The summed E-state index contributed by atoms with van der Waals surface area (Å²) < 4.78 is 5.43. The molecule has 0 bridgehead atoms. The van der Waals surface area contributed by atoms with Gasteiger partial charge in [0.1, 0.15) is 0 Å². The minimum Gasteiger partial charge on any atom is -0.487 e. The van der Waals surface area contributed by atoms with Crippen LogP contribution in [-0.4, -0.2) is 39.6 Å². The van der Waals surface area contributed by atoms with E-state index in [-0.39, 0.29) is 23.7 Å². The number of nitrogens with one attached hydrogen (secondary N) is 1. The summed E-state index contributed by atoms with van der Waals surface area (Å²) >= 11 is 5.31. The van der Waals surface area contributed by atoms with Gasteiger partial charge in [-0.1, -0.05) is 30.3 Å². The monoisotopic (exact) mass is 427 g/mol. The summed E-state index contributed by atoms with van der Waals surface area (Å²) in [6.45, 7) is 2.37. The Balaban J connectivity index is 1.71. The maximum Gasteiger partial charge on any atom is 0.269 e. The van der Waals surface area contributed by atoms with E-state index in [9.17, 15) is 14.9 Å². The molecule has 0 aliphatic carbocycles. The summed E-state index contributed by atoms with van der Waals surface area (Å²) in [5.41, 5.74) is 4.93. The summed E-state index contributed by atoms with van der Waals surface area (Å²) in [4.78, 5) is 23.5. The van der Waals surface area contributed by atoms with Crippen LogP contribution in [0.25, 0.3) is 0 Å². The lowest BCUT2D eigenvalue weighted by atomic mass is 10.0. The first-order chi connectivity index (χ1) is 14.5. The van der Waals surface area contributed by atoms with Gasteiger partial charge in [0, 0.05) is 30.2 Å². The van der Waals surface area contributed by atoms with E-state index in [2.05, 4.69) is 17.6 Å². The molecule has 2 unspecified atom stereocenters. The van der Waals surface area contributed by atoms with Gasteiger partial charge in [-0.15, -0.1) is 0 Å². The Morgan fingerprint density at radius 1 is 1.23 bits per heavy atom. The fourth-order valence-electron chi connectivity index (χ4n) is 3.63. The average Bonchev–Trinajstić information content (AvgIpc) is 3.15. The molecule has 8 heteroatoms. The molecular formula is C22H25N3O4S. The average molecular weight is 428 g/mol. The molecule has 1 fully saturated rings. The molecule has 0 saturated carbocycles. The molecule has 2 aromatic rings. The molecule has 1 N–H and O–H groups in total. The number of nitro benzene ring substituents is 1. The van der Waals surface area contributed by atoms with Crippen LogP contribution in [0.2, 0.25) is 0 Å². The van der Waals surface area contributed by atoms with E-state index in [0.29, 0.717) is 23.6 Å². The fraction of sp³-hybridized carbons (Fsp3) is 0.364. The number of ether oxygens (including phenoxy) is 1. The Labute approximate surface area is 181 Å². The van der Waals surface area contributed by atoms with Crippen LogP contribution in [0.1, 0.15) is 42.1 Å². The molecule has 0 aromatic heterocycles. The number of hydrazine groups is 1. The third-order valence-electron chi connectivity index (χ3n) is 5.12. The molecule has 7 nitrogen and oxygen atoms in total. The van der Waals surface area contributed by atoms with Gasteiger partial charge in [0.05, 0.1) is 17.6 Å². The lowest BCUT2D eigenvalue weighted by Gasteiger charge is -2.24. The number of carbonyl (C=O) groups is 1. The second kappa shape index (κ2) is 10.3. The molecule has 1 saturated heterocycles. The first-order valence-corrected chi connectivity index (χ1v) is 10.4. The van der Waals surface area contributed by atoms with Crippen LogP contribution >= 0.6 is 12.2 Å². The summed E-state index contributed by atoms with van der Waals surface area (Å²) in [7, 11) is 0. The molecule has 0 spiro atoms. The highest BCUT2D eigenvalue weighted by molar-refractivity contribution is 7.80. The Hall–Kier alpha value is -2.84. The normalized spacial score (nSPS) is 18.2. The van der Waals surface area contributed by atoms with Crippen molar-refractivity contribution in [2.75, 3.05) is 6.61 Å². The zero-order chi connectivity index (χ0) is 21.5. The van der Waals surface area contributed by atoms with Crippen LogP contribution in [0.15, 0.2) is 54.6 Å². The van der Waals surface area contributed by atoms with Gasteiger partial charge < -0.3 is 4.74 Å². The van der Waals surface area contributed by atoms with Crippen molar-refractivity contribution in [3.05, 3.63) is 75.8 Å². The molecule has 1 aliphatic heterocycles. The second-order valence-electron chi connectivity index (χ2n) is 7.23. The summed E-state index contributed by atoms with van der Waals surface area (Å²) in [6.07, 6.45) is 3.02. The number of aryl methyl sites for hydroxylation is 1. The van der Waals surface area contributed by atoms with Crippen LogP contribution in [0.5, 0.6) is 0 Å². The third-order valence-corrected chi connectivity index (χ3v) is 5.40. The maximum absolute atomic E-state index is 13.1. The SMILES string of the molecule is CCOC(=S)CC1CC(CCc2ccccc2)NN1C(=O)c1ccc([N+](=O)[O-])cc1. The van der Waals surface area contributed by atoms with Gasteiger partial charge in [0.25, 0.3) is 11.6 Å². The number of rotatable bonds is 8. The predicted octanol–water partition coefficient (Wildman–Crippen LogP) is 4.07. The van der Waals surface area contributed by atoms with Crippen LogP contribution in [0.3, 0.4) is 0 Å². The van der Waals surface area contributed by atoms with Gasteiger partial charge in [-0.3, -0.25) is 19.9 Å². The van der Waals surface area contributed by atoms with Gasteiger partial charge >= 0.3 is 0 Å². The quantitative estimate of drug-likeness (QED) is 0.388. The van der Waals surface area contributed by atoms with Crippen LogP contribution in [0, 0.1) is 10.1 Å². The Kier molecular flexibility index (Phi) is 7.48. The van der Waals surface area contributed by atoms with E-state index in [1.54, 1.807) is 5.01 Å². The van der Waals surface area contributed by atoms with Gasteiger partial charge in [0.15, 0.2) is 5.05 Å². The smallest absolute Gasteiger partial charge is 0.269 e. The number of amides is 1. The third kappa shape index (κ3) is 5.61. The zero-order valence-electron chi connectivity index (χ0n) is 16.8. The first kappa shape index (κ1) is 21.9. The molecule has 0 radical (unpaired) electrons. The second-order valence-corrected chi connectivity index (χ2v) is 7.68. The topological polar surface area (TPSA) is 84.7 Å². The van der Waals surface area contributed by atoms with E-state index in [1.165, 1.54) is 29.8 Å². The van der Waals surface area contributed by atoms with E-state index in [1.807, 2.05) is 25.1 Å². The van der Waals surface area contributed by atoms with Crippen molar-refractivity contribution in [2.45, 2.75) is 44.7 Å². The van der Waals surface area contributed by atoms with Crippen molar-refractivity contribution >= 4 is 28.9 Å². The number of non-ortho nitro benzene ring substituents is 1. The largest absolute Gasteiger partial charge is 0.487 e. The summed E-state index contributed by atoms with van der Waals surface area (Å²) in [5.74, 6) is -0.226. The molecule has 1 heterocycles. The number of hydrogen-bond donors (Lipinski definition) is 1. The van der Waals surface area contributed by atoms with Gasteiger partial charge in [-0.05, 0) is 56.1 Å². The number of benzene rings is 2. The molecule has 30 heavy (non-hydrogen) atoms. The molecule has 2 aromatic carbocycles.